The van der Waals surface area contributed by atoms with Gasteiger partial charge in [-0.25, -0.2) is 0 Å². The second-order valence-electron chi connectivity index (χ2n) is 4.55. The summed E-state index contributed by atoms with van der Waals surface area (Å²) in [4.78, 5) is 4.13. The van der Waals surface area contributed by atoms with Gasteiger partial charge in [-0.1, -0.05) is 12.8 Å². The van der Waals surface area contributed by atoms with Crippen molar-refractivity contribution in [3.8, 4) is 0 Å². The highest BCUT2D eigenvalue weighted by Crippen LogP contribution is 2.20. The maximum atomic E-state index is 5.80. The smallest absolute Gasteiger partial charge is 0.191 e. The highest BCUT2D eigenvalue weighted by atomic mass is 127. The summed E-state index contributed by atoms with van der Waals surface area (Å²) in [6.45, 7) is 3.19. The molecule has 1 rings (SSSR count). The number of rotatable bonds is 8. The second kappa shape index (κ2) is 12.9. The average molecular weight is 385 g/mol. The van der Waals surface area contributed by atoms with Crippen molar-refractivity contribution in [3.63, 3.8) is 0 Å². The molecule has 0 bridgehead atoms. The van der Waals surface area contributed by atoms with Gasteiger partial charge < -0.3 is 20.1 Å². The normalized spacial score (nSPS) is 16.2. The van der Waals surface area contributed by atoms with Crippen molar-refractivity contribution < 1.29 is 9.47 Å². The third-order valence-electron chi connectivity index (χ3n) is 3.09. The Bertz CT molecular complexity index is 234. The molecule has 1 aliphatic rings. The number of methoxy groups -OCH3 is 1. The lowest BCUT2D eigenvalue weighted by Crippen LogP contribution is -2.39. The van der Waals surface area contributed by atoms with Crippen molar-refractivity contribution >= 4 is 29.9 Å². The van der Waals surface area contributed by atoms with Crippen LogP contribution in [0.4, 0.5) is 0 Å². The Balaban J connectivity index is 0.00000324. The molecule has 0 aliphatic heterocycles. The molecule has 0 aromatic rings. The first-order valence-corrected chi connectivity index (χ1v) is 6.92. The molecular weight excluding hydrogens is 357 g/mol. The maximum absolute atomic E-state index is 5.80. The van der Waals surface area contributed by atoms with Crippen LogP contribution in [-0.2, 0) is 9.47 Å². The zero-order valence-corrected chi connectivity index (χ0v) is 14.4. The summed E-state index contributed by atoms with van der Waals surface area (Å²) in [5.41, 5.74) is 0. The molecule has 0 radical (unpaired) electrons. The zero-order chi connectivity index (χ0) is 13.1. The number of nitrogens with one attached hydrogen (secondary N) is 2. The van der Waals surface area contributed by atoms with Crippen LogP contribution in [-0.4, -0.2) is 52.5 Å². The van der Waals surface area contributed by atoms with Crippen LogP contribution in [0.15, 0.2) is 4.99 Å². The molecule has 1 fully saturated rings. The largest absolute Gasteiger partial charge is 0.383 e. The predicted octanol–water partition coefficient (Wildman–Crippen LogP) is 1.77. The summed E-state index contributed by atoms with van der Waals surface area (Å²) < 4.78 is 10.8. The minimum atomic E-state index is 0. The van der Waals surface area contributed by atoms with E-state index in [1.165, 1.54) is 25.7 Å². The third-order valence-corrected chi connectivity index (χ3v) is 3.09. The SMILES string of the molecule is CN=C(NCCCOC1CCCC1)NCCOC.I. The summed E-state index contributed by atoms with van der Waals surface area (Å²) in [5.74, 6) is 0.827. The lowest BCUT2D eigenvalue weighted by atomic mass is 10.3. The van der Waals surface area contributed by atoms with Gasteiger partial charge in [0.25, 0.3) is 0 Å². The van der Waals surface area contributed by atoms with Crippen LogP contribution < -0.4 is 10.6 Å². The van der Waals surface area contributed by atoms with Crippen molar-refractivity contribution in [1.29, 1.82) is 0 Å². The minimum absolute atomic E-state index is 0. The van der Waals surface area contributed by atoms with Crippen molar-refractivity contribution in [2.24, 2.45) is 4.99 Å². The fraction of sp³-hybridized carbons (Fsp3) is 0.923. The van der Waals surface area contributed by atoms with Crippen LogP contribution >= 0.6 is 24.0 Å². The lowest BCUT2D eigenvalue weighted by Gasteiger charge is -2.13. The van der Waals surface area contributed by atoms with Gasteiger partial charge in [0.2, 0.25) is 0 Å². The first-order valence-electron chi connectivity index (χ1n) is 6.92. The molecule has 5 nitrogen and oxygen atoms in total. The number of guanidine groups is 1. The molecule has 19 heavy (non-hydrogen) atoms. The van der Waals surface area contributed by atoms with E-state index in [0.717, 1.165) is 32.1 Å². The molecule has 6 heteroatoms. The van der Waals surface area contributed by atoms with E-state index in [-0.39, 0.29) is 24.0 Å². The molecule has 0 spiro atoms. The van der Waals surface area contributed by atoms with Gasteiger partial charge in [0.1, 0.15) is 0 Å². The average Bonchev–Trinajstić information content (AvgIpc) is 2.89. The van der Waals surface area contributed by atoms with Gasteiger partial charge in [0.15, 0.2) is 5.96 Å². The highest BCUT2D eigenvalue weighted by molar-refractivity contribution is 14.0. The molecule has 0 unspecified atom stereocenters. The first-order chi connectivity index (χ1) is 8.86. The van der Waals surface area contributed by atoms with Gasteiger partial charge in [0, 0.05) is 33.9 Å². The summed E-state index contributed by atoms with van der Waals surface area (Å²) >= 11 is 0. The Morgan fingerprint density at radius 1 is 1.16 bits per heavy atom. The predicted molar refractivity (Wildman–Crippen MR) is 89.5 cm³/mol. The van der Waals surface area contributed by atoms with E-state index in [1.807, 2.05) is 0 Å². The van der Waals surface area contributed by atoms with Crippen molar-refractivity contribution in [1.82, 2.24) is 10.6 Å². The molecule has 1 saturated carbocycles. The quantitative estimate of drug-likeness (QED) is 0.290. The summed E-state index contributed by atoms with van der Waals surface area (Å²) in [7, 11) is 3.47. The first kappa shape index (κ1) is 18.9. The van der Waals surface area contributed by atoms with E-state index in [9.17, 15) is 0 Å². The number of hydrogen-bond donors (Lipinski definition) is 2. The molecule has 0 aromatic heterocycles. The van der Waals surface area contributed by atoms with Crippen LogP contribution in [0.5, 0.6) is 0 Å². The van der Waals surface area contributed by atoms with Gasteiger partial charge in [-0.05, 0) is 19.3 Å². The minimum Gasteiger partial charge on any atom is -0.383 e. The Kier molecular flexibility index (Phi) is 12.9. The van der Waals surface area contributed by atoms with E-state index in [0.29, 0.717) is 12.7 Å². The molecule has 114 valence electrons. The van der Waals surface area contributed by atoms with E-state index in [4.69, 9.17) is 9.47 Å². The fourth-order valence-electron chi connectivity index (χ4n) is 2.08. The van der Waals surface area contributed by atoms with Crippen LogP contribution in [0.2, 0.25) is 0 Å². The molecule has 0 heterocycles. The van der Waals surface area contributed by atoms with Crippen molar-refractivity contribution in [2.75, 3.05) is 40.5 Å². The zero-order valence-electron chi connectivity index (χ0n) is 12.1. The molecule has 0 atom stereocenters. The van der Waals surface area contributed by atoms with E-state index < -0.39 is 0 Å². The van der Waals surface area contributed by atoms with E-state index in [2.05, 4.69) is 15.6 Å². The maximum Gasteiger partial charge on any atom is 0.191 e. The van der Waals surface area contributed by atoms with Gasteiger partial charge in [-0.15, -0.1) is 24.0 Å². The number of halogens is 1. The number of aliphatic imine (C=N–C) groups is 1. The topological polar surface area (TPSA) is 54.9 Å². The monoisotopic (exact) mass is 385 g/mol. The third kappa shape index (κ3) is 9.45. The van der Waals surface area contributed by atoms with Crippen LogP contribution in [0, 0.1) is 0 Å². The number of nitrogens with zero attached hydrogens (tertiary/aromatic N) is 1. The fourth-order valence-corrected chi connectivity index (χ4v) is 2.08. The summed E-state index contributed by atoms with van der Waals surface area (Å²) in [5, 5.41) is 6.43. The standard InChI is InChI=1S/C13H27N3O2.HI/c1-14-13(16-9-11-17-2)15-8-5-10-18-12-6-3-4-7-12;/h12H,3-11H2,1-2H3,(H2,14,15,16);1H. The van der Waals surface area contributed by atoms with Gasteiger partial charge in [-0.2, -0.15) is 0 Å². The Morgan fingerprint density at radius 2 is 1.84 bits per heavy atom. The van der Waals surface area contributed by atoms with Gasteiger partial charge in [0.05, 0.1) is 12.7 Å². The number of hydrogen-bond acceptors (Lipinski definition) is 3. The number of ether oxygens (including phenoxy) is 2. The summed E-state index contributed by atoms with van der Waals surface area (Å²) in [6.07, 6.45) is 6.69. The van der Waals surface area contributed by atoms with Crippen LogP contribution in [0.3, 0.4) is 0 Å². The highest BCUT2D eigenvalue weighted by Gasteiger charge is 2.14. The molecular formula is C13H28IN3O2. The van der Waals surface area contributed by atoms with Gasteiger partial charge in [-0.3, -0.25) is 4.99 Å². The van der Waals surface area contributed by atoms with Crippen LogP contribution in [0.1, 0.15) is 32.1 Å². The molecule has 1 aliphatic carbocycles. The van der Waals surface area contributed by atoms with Gasteiger partial charge >= 0.3 is 0 Å². The summed E-state index contributed by atoms with van der Waals surface area (Å²) in [6, 6.07) is 0. The lowest BCUT2D eigenvalue weighted by molar-refractivity contribution is 0.0574. The molecule has 0 saturated heterocycles. The van der Waals surface area contributed by atoms with Crippen LogP contribution in [0.25, 0.3) is 0 Å². The Hall–Kier alpha value is -0.0800. The molecule has 0 aromatic carbocycles. The van der Waals surface area contributed by atoms with Crippen molar-refractivity contribution in [2.45, 2.75) is 38.2 Å². The van der Waals surface area contributed by atoms with E-state index >= 15 is 0 Å². The second-order valence-corrected chi connectivity index (χ2v) is 4.55. The van der Waals surface area contributed by atoms with E-state index in [1.54, 1.807) is 14.2 Å². The Morgan fingerprint density at radius 3 is 2.47 bits per heavy atom. The van der Waals surface area contributed by atoms with Crippen molar-refractivity contribution in [3.05, 3.63) is 0 Å². The Labute approximate surface area is 133 Å². The molecule has 0 amide bonds. The molecule has 2 N–H and O–H groups in total.